The summed E-state index contributed by atoms with van der Waals surface area (Å²) >= 11 is 1.42. The summed E-state index contributed by atoms with van der Waals surface area (Å²) in [5, 5.41) is 3.65. The van der Waals surface area contributed by atoms with Gasteiger partial charge in [-0.2, -0.15) is 0 Å². The van der Waals surface area contributed by atoms with Crippen LogP contribution in [0.25, 0.3) is 0 Å². The van der Waals surface area contributed by atoms with E-state index < -0.39 is 5.82 Å². The molecule has 2 aromatic rings. The van der Waals surface area contributed by atoms with Crippen molar-refractivity contribution < 1.29 is 8.78 Å². The molecular weight excluding hydrogens is 288 g/mol. The summed E-state index contributed by atoms with van der Waals surface area (Å²) in [5.74, 6) is -0.748. The number of nitrogens with one attached hydrogen (secondary N) is 1. The van der Waals surface area contributed by atoms with E-state index >= 15 is 0 Å². The van der Waals surface area contributed by atoms with E-state index in [1.54, 1.807) is 0 Å². The van der Waals surface area contributed by atoms with Crippen LogP contribution in [0, 0.1) is 11.6 Å². The fourth-order valence-corrected chi connectivity index (χ4v) is 4.19. The topological polar surface area (TPSA) is 12.0 Å². The van der Waals surface area contributed by atoms with Gasteiger partial charge in [0.05, 0.1) is 0 Å². The average Bonchev–Trinajstić information content (AvgIpc) is 2.81. The van der Waals surface area contributed by atoms with Crippen LogP contribution in [0.2, 0.25) is 0 Å². The summed E-state index contributed by atoms with van der Waals surface area (Å²) in [4.78, 5) is 0.385. The van der Waals surface area contributed by atoms with E-state index in [9.17, 15) is 8.78 Å². The van der Waals surface area contributed by atoms with Crippen LogP contribution in [0.4, 0.5) is 8.78 Å². The minimum atomic E-state index is -0.394. The Bertz CT molecular complexity index is 644. The number of fused-ring (bicyclic) bond motifs is 1. The van der Waals surface area contributed by atoms with Crippen LogP contribution >= 0.6 is 11.8 Å². The van der Waals surface area contributed by atoms with Crippen molar-refractivity contribution in [2.45, 2.75) is 29.5 Å². The van der Waals surface area contributed by atoms with Gasteiger partial charge in [0.1, 0.15) is 11.6 Å². The van der Waals surface area contributed by atoms with Gasteiger partial charge in [-0.3, -0.25) is 0 Å². The Morgan fingerprint density at radius 2 is 2.00 bits per heavy atom. The summed E-state index contributed by atoms with van der Waals surface area (Å²) < 4.78 is 27.2. The Hall–Kier alpha value is -1.39. The van der Waals surface area contributed by atoms with Crippen molar-refractivity contribution in [3.8, 4) is 0 Å². The van der Waals surface area contributed by atoms with Gasteiger partial charge in [-0.1, -0.05) is 31.2 Å². The van der Waals surface area contributed by atoms with E-state index in [0.29, 0.717) is 4.90 Å². The van der Waals surface area contributed by atoms with Gasteiger partial charge in [0.25, 0.3) is 0 Å². The summed E-state index contributed by atoms with van der Waals surface area (Å²) in [6.45, 7) is 2.91. The molecule has 0 bridgehead atoms. The van der Waals surface area contributed by atoms with Crippen LogP contribution in [0.3, 0.4) is 0 Å². The molecule has 0 amide bonds. The third kappa shape index (κ3) is 2.97. The predicted molar refractivity (Wildman–Crippen MR) is 82.6 cm³/mol. The predicted octanol–water partition coefficient (Wildman–Crippen LogP) is 4.33. The lowest BCUT2D eigenvalue weighted by molar-refractivity contribution is 0.555. The molecule has 0 fully saturated rings. The molecule has 0 radical (unpaired) electrons. The molecule has 0 saturated carbocycles. The lowest BCUT2D eigenvalue weighted by Gasteiger charge is -2.21. The standard InChI is InChI=1S/C17H17F2NS/c1-2-20-17-13-6-4-3-5-11(13)9-16(17)21-15-10-12(18)7-8-14(15)19/h3-8,10,16-17,20H,2,9H2,1H3. The van der Waals surface area contributed by atoms with Gasteiger partial charge >= 0.3 is 0 Å². The second-order valence-electron chi connectivity index (χ2n) is 5.17. The van der Waals surface area contributed by atoms with Crippen molar-refractivity contribution in [3.63, 3.8) is 0 Å². The first-order valence-electron chi connectivity index (χ1n) is 7.12. The van der Waals surface area contributed by atoms with Crippen LogP contribution in [-0.4, -0.2) is 11.8 Å². The zero-order chi connectivity index (χ0) is 14.8. The maximum atomic E-state index is 13.9. The van der Waals surface area contributed by atoms with Crippen molar-refractivity contribution in [2.75, 3.05) is 6.54 Å². The van der Waals surface area contributed by atoms with Crippen LogP contribution in [0.15, 0.2) is 47.4 Å². The molecule has 3 rings (SSSR count). The van der Waals surface area contributed by atoms with Gasteiger partial charge in [0, 0.05) is 16.2 Å². The van der Waals surface area contributed by atoms with E-state index in [4.69, 9.17) is 0 Å². The monoisotopic (exact) mass is 305 g/mol. The molecule has 2 atom stereocenters. The second kappa shape index (κ2) is 6.16. The lowest BCUT2D eigenvalue weighted by Crippen LogP contribution is -2.26. The fraction of sp³-hybridized carbons (Fsp3) is 0.294. The van der Waals surface area contributed by atoms with E-state index in [-0.39, 0.29) is 17.1 Å². The molecule has 0 heterocycles. The molecule has 0 spiro atoms. The highest BCUT2D eigenvalue weighted by Gasteiger charge is 2.32. The van der Waals surface area contributed by atoms with Crippen molar-refractivity contribution >= 4 is 11.8 Å². The average molecular weight is 305 g/mol. The Labute approximate surface area is 127 Å². The maximum Gasteiger partial charge on any atom is 0.136 e. The Morgan fingerprint density at radius 3 is 2.81 bits per heavy atom. The Balaban J connectivity index is 1.87. The van der Waals surface area contributed by atoms with E-state index in [1.165, 1.54) is 35.0 Å². The molecule has 0 aromatic heterocycles. The van der Waals surface area contributed by atoms with Crippen LogP contribution in [0.1, 0.15) is 24.1 Å². The summed E-state index contributed by atoms with van der Waals surface area (Å²) in [5.41, 5.74) is 2.56. The van der Waals surface area contributed by atoms with Gasteiger partial charge in [-0.25, -0.2) is 8.78 Å². The number of benzene rings is 2. The maximum absolute atomic E-state index is 13.9. The summed E-state index contributed by atoms with van der Waals surface area (Å²) in [6, 6.07) is 12.1. The molecule has 21 heavy (non-hydrogen) atoms. The van der Waals surface area contributed by atoms with Crippen molar-refractivity contribution in [1.82, 2.24) is 5.32 Å². The molecule has 1 aliphatic carbocycles. The van der Waals surface area contributed by atoms with E-state index in [2.05, 4.69) is 24.4 Å². The van der Waals surface area contributed by atoms with Crippen molar-refractivity contribution in [3.05, 3.63) is 65.2 Å². The van der Waals surface area contributed by atoms with Crippen LogP contribution in [-0.2, 0) is 6.42 Å². The number of rotatable bonds is 4. The van der Waals surface area contributed by atoms with E-state index in [1.807, 2.05) is 12.1 Å². The normalized spacial score (nSPS) is 20.5. The summed E-state index contributed by atoms with van der Waals surface area (Å²) in [6.07, 6.45) is 0.870. The Morgan fingerprint density at radius 1 is 1.19 bits per heavy atom. The number of hydrogen-bond acceptors (Lipinski definition) is 2. The fourth-order valence-electron chi connectivity index (χ4n) is 2.86. The Kier molecular flexibility index (Phi) is 4.27. The molecule has 0 saturated heterocycles. The van der Waals surface area contributed by atoms with Gasteiger partial charge in [-0.15, -0.1) is 11.8 Å². The molecule has 2 unspecified atom stereocenters. The smallest absolute Gasteiger partial charge is 0.136 e. The number of hydrogen-bond donors (Lipinski definition) is 1. The number of halogens is 2. The molecule has 1 nitrogen and oxygen atoms in total. The molecule has 0 aliphatic heterocycles. The zero-order valence-corrected chi connectivity index (χ0v) is 12.6. The minimum absolute atomic E-state index is 0.179. The first-order chi connectivity index (χ1) is 10.2. The SMILES string of the molecule is CCNC1c2ccccc2CC1Sc1cc(F)ccc1F. The molecule has 1 N–H and O–H groups in total. The lowest BCUT2D eigenvalue weighted by atomic mass is 10.1. The minimum Gasteiger partial charge on any atom is -0.309 e. The summed E-state index contributed by atoms with van der Waals surface area (Å²) in [7, 11) is 0. The zero-order valence-electron chi connectivity index (χ0n) is 11.8. The first kappa shape index (κ1) is 14.5. The number of thioether (sulfide) groups is 1. The van der Waals surface area contributed by atoms with Crippen LogP contribution < -0.4 is 5.32 Å². The van der Waals surface area contributed by atoms with Gasteiger partial charge in [-0.05, 0) is 42.3 Å². The molecule has 4 heteroatoms. The third-order valence-electron chi connectivity index (χ3n) is 3.78. The molecule has 2 aromatic carbocycles. The molecule has 110 valence electrons. The molecular formula is C17H17F2NS. The van der Waals surface area contributed by atoms with Gasteiger partial charge < -0.3 is 5.32 Å². The van der Waals surface area contributed by atoms with Crippen molar-refractivity contribution in [1.29, 1.82) is 0 Å². The van der Waals surface area contributed by atoms with Crippen LogP contribution in [0.5, 0.6) is 0 Å². The van der Waals surface area contributed by atoms with Crippen molar-refractivity contribution in [2.24, 2.45) is 0 Å². The first-order valence-corrected chi connectivity index (χ1v) is 8.00. The highest BCUT2D eigenvalue weighted by Crippen LogP contribution is 2.42. The highest BCUT2D eigenvalue weighted by atomic mass is 32.2. The second-order valence-corrected chi connectivity index (χ2v) is 6.45. The largest absolute Gasteiger partial charge is 0.309 e. The quantitative estimate of drug-likeness (QED) is 0.902. The van der Waals surface area contributed by atoms with Gasteiger partial charge in [0.2, 0.25) is 0 Å². The van der Waals surface area contributed by atoms with Gasteiger partial charge in [0.15, 0.2) is 0 Å². The highest BCUT2D eigenvalue weighted by molar-refractivity contribution is 8.00. The molecule has 1 aliphatic rings. The third-order valence-corrected chi connectivity index (χ3v) is 5.09. The van der Waals surface area contributed by atoms with E-state index in [0.717, 1.165) is 19.0 Å².